The van der Waals surface area contributed by atoms with Crippen molar-refractivity contribution in [2.45, 2.75) is 6.54 Å². The maximum atomic E-state index is 12.9. The highest BCUT2D eigenvalue weighted by molar-refractivity contribution is 6.37. The smallest absolute Gasteiger partial charge is 0.258 e. The number of morpholine rings is 1. The fourth-order valence-electron chi connectivity index (χ4n) is 4.10. The van der Waals surface area contributed by atoms with E-state index in [2.05, 4.69) is 39.8 Å². The Bertz CT molecular complexity index is 1100. The number of ether oxygens (including phenoxy) is 1. The van der Waals surface area contributed by atoms with Crippen molar-refractivity contribution in [3.05, 3.63) is 95.6 Å². The van der Waals surface area contributed by atoms with Gasteiger partial charge in [-0.3, -0.25) is 9.69 Å². The van der Waals surface area contributed by atoms with E-state index < -0.39 is 0 Å². The van der Waals surface area contributed by atoms with Gasteiger partial charge in [0.25, 0.3) is 5.91 Å². The minimum Gasteiger partial charge on any atom is -0.379 e. The standard InChI is InChI=1S/C26H25N3O2/c30-26-24(22-8-4-5-9-23(22)28-26)25(20-6-2-1-3-7-20)27-21-12-10-19(11-13-21)18-29-14-16-31-17-15-29/h1-13,27H,14-18H2,(H,28,30)/b25-24-. The van der Waals surface area contributed by atoms with E-state index in [1.54, 1.807) is 0 Å². The molecule has 3 aromatic rings. The largest absolute Gasteiger partial charge is 0.379 e. The van der Waals surface area contributed by atoms with Gasteiger partial charge in [0.2, 0.25) is 0 Å². The molecule has 0 spiro atoms. The van der Waals surface area contributed by atoms with Crippen LogP contribution < -0.4 is 10.6 Å². The number of anilines is 2. The predicted molar refractivity (Wildman–Crippen MR) is 124 cm³/mol. The van der Waals surface area contributed by atoms with Crippen molar-refractivity contribution in [1.29, 1.82) is 0 Å². The third kappa shape index (κ3) is 4.24. The summed E-state index contributed by atoms with van der Waals surface area (Å²) in [6.07, 6.45) is 0. The number of para-hydroxylation sites is 1. The van der Waals surface area contributed by atoms with Crippen molar-refractivity contribution in [2.75, 3.05) is 36.9 Å². The van der Waals surface area contributed by atoms with Gasteiger partial charge in [0, 0.05) is 36.6 Å². The topological polar surface area (TPSA) is 53.6 Å². The molecule has 31 heavy (non-hydrogen) atoms. The Hall–Kier alpha value is -3.41. The van der Waals surface area contributed by atoms with Gasteiger partial charge in [-0.1, -0.05) is 60.7 Å². The molecule has 0 saturated carbocycles. The van der Waals surface area contributed by atoms with Crippen LogP contribution in [0.25, 0.3) is 11.3 Å². The SMILES string of the molecule is O=C1Nc2ccccc2/C1=C(/Nc1ccc(CN2CCOCC2)cc1)c1ccccc1. The maximum absolute atomic E-state index is 12.9. The molecule has 2 aliphatic heterocycles. The van der Waals surface area contributed by atoms with E-state index in [-0.39, 0.29) is 5.91 Å². The lowest BCUT2D eigenvalue weighted by Crippen LogP contribution is -2.35. The Morgan fingerprint density at radius 3 is 2.39 bits per heavy atom. The third-order valence-corrected chi connectivity index (χ3v) is 5.72. The highest BCUT2D eigenvalue weighted by Gasteiger charge is 2.28. The zero-order valence-corrected chi connectivity index (χ0v) is 17.3. The Morgan fingerprint density at radius 2 is 1.61 bits per heavy atom. The van der Waals surface area contributed by atoms with Crippen LogP contribution in [0.4, 0.5) is 11.4 Å². The Kier molecular flexibility index (Phi) is 5.52. The molecular formula is C26H25N3O2. The summed E-state index contributed by atoms with van der Waals surface area (Å²) in [6.45, 7) is 4.47. The van der Waals surface area contributed by atoms with Crippen LogP contribution in [0, 0.1) is 0 Å². The number of carbonyl (C=O) groups is 1. The fourth-order valence-corrected chi connectivity index (χ4v) is 4.10. The van der Waals surface area contributed by atoms with Gasteiger partial charge in [-0.15, -0.1) is 0 Å². The molecule has 0 atom stereocenters. The van der Waals surface area contributed by atoms with Crippen molar-refractivity contribution in [3.63, 3.8) is 0 Å². The van der Waals surface area contributed by atoms with Gasteiger partial charge in [0.1, 0.15) is 0 Å². The number of carbonyl (C=O) groups excluding carboxylic acids is 1. The van der Waals surface area contributed by atoms with Crippen molar-refractivity contribution in [2.24, 2.45) is 0 Å². The molecule has 2 N–H and O–H groups in total. The molecule has 0 aliphatic carbocycles. The van der Waals surface area contributed by atoms with Gasteiger partial charge in [-0.25, -0.2) is 0 Å². The van der Waals surface area contributed by atoms with Crippen LogP contribution in [0.3, 0.4) is 0 Å². The summed E-state index contributed by atoms with van der Waals surface area (Å²) in [5.74, 6) is -0.0866. The number of nitrogens with zero attached hydrogens (tertiary/aromatic N) is 1. The summed E-state index contributed by atoms with van der Waals surface area (Å²) in [7, 11) is 0. The number of rotatable bonds is 5. The van der Waals surface area contributed by atoms with E-state index in [0.717, 1.165) is 61.0 Å². The minimum absolute atomic E-state index is 0.0866. The quantitative estimate of drug-likeness (QED) is 0.609. The van der Waals surface area contributed by atoms with Gasteiger partial charge in [0.05, 0.1) is 24.5 Å². The first-order chi connectivity index (χ1) is 15.3. The van der Waals surface area contributed by atoms with Gasteiger partial charge < -0.3 is 15.4 Å². The molecule has 2 aliphatic rings. The third-order valence-electron chi connectivity index (χ3n) is 5.72. The molecule has 3 aromatic carbocycles. The molecule has 156 valence electrons. The highest BCUT2D eigenvalue weighted by Crippen LogP contribution is 2.37. The second-order valence-electron chi connectivity index (χ2n) is 7.83. The van der Waals surface area contributed by atoms with Crippen LogP contribution in [0.2, 0.25) is 0 Å². The van der Waals surface area contributed by atoms with Crippen LogP contribution in [-0.2, 0) is 16.1 Å². The normalized spacial score (nSPS) is 17.7. The number of nitrogens with one attached hydrogen (secondary N) is 2. The van der Waals surface area contributed by atoms with Crippen molar-refractivity contribution in [3.8, 4) is 0 Å². The number of hydrogen-bond acceptors (Lipinski definition) is 4. The van der Waals surface area contributed by atoms with Crippen molar-refractivity contribution in [1.82, 2.24) is 4.90 Å². The molecule has 5 rings (SSSR count). The van der Waals surface area contributed by atoms with E-state index in [1.165, 1.54) is 5.56 Å². The molecule has 1 fully saturated rings. The zero-order chi connectivity index (χ0) is 21.0. The summed E-state index contributed by atoms with van der Waals surface area (Å²) in [5, 5.41) is 6.51. The summed E-state index contributed by atoms with van der Waals surface area (Å²) in [4.78, 5) is 15.3. The summed E-state index contributed by atoms with van der Waals surface area (Å²) >= 11 is 0. The predicted octanol–water partition coefficient (Wildman–Crippen LogP) is 4.45. The first-order valence-corrected chi connectivity index (χ1v) is 10.6. The zero-order valence-electron chi connectivity index (χ0n) is 17.3. The van der Waals surface area contributed by atoms with E-state index >= 15 is 0 Å². The number of amides is 1. The van der Waals surface area contributed by atoms with Crippen LogP contribution in [0.1, 0.15) is 16.7 Å². The molecule has 1 amide bonds. The van der Waals surface area contributed by atoms with Crippen LogP contribution in [-0.4, -0.2) is 37.1 Å². The molecular weight excluding hydrogens is 386 g/mol. The molecule has 0 unspecified atom stereocenters. The summed E-state index contributed by atoms with van der Waals surface area (Å²) in [6, 6.07) is 26.3. The molecule has 2 heterocycles. The lowest BCUT2D eigenvalue weighted by molar-refractivity contribution is -0.110. The van der Waals surface area contributed by atoms with Crippen molar-refractivity contribution >= 4 is 28.6 Å². The van der Waals surface area contributed by atoms with Gasteiger partial charge in [-0.05, 0) is 29.3 Å². The monoisotopic (exact) mass is 411 g/mol. The van der Waals surface area contributed by atoms with Crippen LogP contribution in [0.15, 0.2) is 78.9 Å². The second kappa shape index (κ2) is 8.76. The Morgan fingerprint density at radius 1 is 0.903 bits per heavy atom. The van der Waals surface area contributed by atoms with Gasteiger partial charge in [0.15, 0.2) is 0 Å². The molecule has 1 saturated heterocycles. The number of hydrogen-bond donors (Lipinski definition) is 2. The average Bonchev–Trinajstić information content (AvgIpc) is 3.15. The first-order valence-electron chi connectivity index (χ1n) is 10.6. The summed E-state index contributed by atoms with van der Waals surface area (Å²) in [5.41, 5.74) is 6.44. The maximum Gasteiger partial charge on any atom is 0.258 e. The van der Waals surface area contributed by atoms with E-state index in [9.17, 15) is 4.79 Å². The van der Waals surface area contributed by atoms with Crippen LogP contribution >= 0.6 is 0 Å². The van der Waals surface area contributed by atoms with E-state index in [0.29, 0.717) is 5.57 Å². The van der Waals surface area contributed by atoms with E-state index in [1.807, 2.05) is 54.6 Å². The fraction of sp³-hybridized carbons (Fsp3) is 0.192. The minimum atomic E-state index is -0.0866. The Balaban J connectivity index is 1.46. The number of fused-ring (bicyclic) bond motifs is 1. The number of benzene rings is 3. The molecule has 0 radical (unpaired) electrons. The van der Waals surface area contributed by atoms with E-state index in [4.69, 9.17) is 4.74 Å². The van der Waals surface area contributed by atoms with Gasteiger partial charge in [-0.2, -0.15) is 0 Å². The van der Waals surface area contributed by atoms with Crippen LogP contribution in [0.5, 0.6) is 0 Å². The van der Waals surface area contributed by atoms with Crippen molar-refractivity contribution < 1.29 is 9.53 Å². The average molecular weight is 412 g/mol. The highest BCUT2D eigenvalue weighted by atomic mass is 16.5. The molecule has 5 heteroatoms. The molecule has 0 bridgehead atoms. The first kappa shape index (κ1) is 19.5. The Labute approximate surface area is 182 Å². The molecule has 5 nitrogen and oxygen atoms in total. The summed E-state index contributed by atoms with van der Waals surface area (Å²) < 4.78 is 5.44. The van der Waals surface area contributed by atoms with Gasteiger partial charge >= 0.3 is 0 Å². The lowest BCUT2D eigenvalue weighted by Gasteiger charge is -2.26. The second-order valence-corrected chi connectivity index (χ2v) is 7.83. The molecule has 0 aromatic heterocycles. The lowest BCUT2D eigenvalue weighted by atomic mass is 10.00.